The highest BCUT2D eigenvalue weighted by atomic mass is 32.2. The van der Waals surface area contributed by atoms with Crippen LogP contribution in [-0.4, -0.2) is 47.8 Å². The highest BCUT2D eigenvalue weighted by Gasteiger charge is 2.40. The van der Waals surface area contributed by atoms with Gasteiger partial charge in [0.25, 0.3) is 0 Å². The molecule has 2 aromatic heterocycles. The largest absolute Gasteiger partial charge is 0.354 e. The van der Waals surface area contributed by atoms with Gasteiger partial charge in [-0.3, -0.25) is 4.79 Å². The fraction of sp³-hybridized carbons (Fsp3) is 0.263. The molecule has 1 amide bonds. The van der Waals surface area contributed by atoms with Crippen molar-refractivity contribution >= 4 is 50.4 Å². The highest BCUT2D eigenvalue weighted by molar-refractivity contribution is 8.00. The van der Waals surface area contributed by atoms with Crippen molar-refractivity contribution in [3.8, 4) is 9.88 Å². The molecule has 1 aromatic carbocycles. The van der Waals surface area contributed by atoms with Crippen LogP contribution >= 0.6 is 34.4 Å². The van der Waals surface area contributed by atoms with E-state index in [1.54, 1.807) is 22.7 Å². The summed E-state index contributed by atoms with van der Waals surface area (Å²) in [4.78, 5) is 17.9. The molecule has 0 spiro atoms. The van der Waals surface area contributed by atoms with Crippen molar-refractivity contribution in [3.63, 3.8) is 0 Å². The summed E-state index contributed by atoms with van der Waals surface area (Å²) in [5.74, 6) is -0.753. The Morgan fingerprint density at radius 2 is 2.07 bits per heavy atom. The second-order valence-electron chi connectivity index (χ2n) is 6.50. The topological polar surface area (TPSA) is 79.4 Å². The summed E-state index contributed by atoms with van der Waals surface area (Å²) in [7, 11) is -4.10. The van der Waals surface area contributed by atoms with Crippen molar-refractivity contribution in [2.45, 2.75) is 17.4 Å². The van der Waals surface area contributed by atoms with E-state index in [4.69, 9.17) is 0 Å². The van der Waals surface area contributed by atoms with Gasteiger partial charge in [0.2, 0.25) is 15.9 Å². The van der Waals surface area contributed by atoms with Crippen LogP contribution in [0.5, 0.6) is 0 Å². The summed E-state index contributed by atoms with van der Waals surface area (Å²) < 4.78 is 40.8. The number of rotatable bonds is 7. The smallest absolute Gasteiger partial charge is 0.247 e. The van der Waals surface area contributed by atoms with Crippen molar-refractivity contribution in [2.75, 3.05) is 18.2 Å². The number of nitrogens with zero attached hydrogens (tertiary/aromatic N) is 2. The molecular weight excluding hydrogens is 465 g/mol. The molecule has 1 atom stereocenters. The van der Waals surface area contributed by atoms with E-state index < -0.39 is 26.8 Å². The summed E-state index contributed by atoms with van der Waals surface area (Å²) in [6, 6.07) is 8.34. The number of carbonyl (C=O) groups is 1. The fourth-order valence-corrected chi connectivity index (χ4v) is 7.90. The van der Waals surface area contributed by atoms with Crippen LogP contribution in [0.1, 0.15) is 5.69 Å². The number of hydrogen-bond donors (Lipinski definition) is 1. The Bertz CT molecular complexity index is 1130. The molecule has 3 aromatic rings. The van der Waals surface area contributed by atoms with E-state index in [2.05, 4.69) is 10.3 Å². The molecule has 30 heavy (non-hydrogen) atoms. The molecule has 3 heterocycles. The van der Waals surface area contributed by atoms with Gasteiger partial charge in [-0.25, -0.2) is 17.8 Å². The molecule has 0 aliphatic carbocycles. The number of carbonyl (C=O) groups excluding carboxylic acids is 1. The summed E-state index contributed by atoms with van der Waals surface area (Å²) >= 11 is 4.51. The molecule has 0 unspecified atom stereocenters. The van der Waals surface area contributed by atoms with Gasteiger partial charge in [0.15, 0.2) is 0 Å². The lowest BCUT2D eigenvalue weighted by Gasteiger charge is -2.22. The van der Waals surface area contributed by atoms with Crippen molar-refractivity contribution in [2.24, 2.45) is 0 Å². The summed E-state index contributed by atoms with van der Waals surface area (Å²) in [5, 5.41) is 7.70. The Labute approximate surface area is 186 Å². The predicted molar refractivity (Wildman–Crippen MR) is 119 cm³/mol. The number of sulfonamides is 1. The Kier molecular flexibility index (Phi) is 6.54. The number of thioether (sulfide) groups is 1. The third kappa shape index (κ3) is 4.45. The molecule has 0 bridgehead atoms. The molecule has 0 radical (unpaired) electrons. The zero-order valence-electron chi connectivity index (χ0n) is 15.7. The third-order valence-electron chi connectivity index (χ3n) is 4.53. The van der Waals surface area contributed by atoms with Crippen LogP contribution in [0.3, 0.4) is 0 Å². The van der Waals surface area contributed by atoms with Crippen LogP contribution in [0.2, 0.25) is 0 Å². The summed E-state index contributed by atoms with van der Waals surface area (Å²) in [6.45, 7) is 0.348. The molecule has 1 N–H and O–H groups in total. The Morgan fingerprint density at radius 1 is 1.23 bits per heavy atom. The van der Waals surface area contributed by atoms with Gasteiger partial charge in [-0.2, -0.15) is 4.31 Å². The van der Waals surface area contributed by atoms with Gasteiger partial charge in [-0.1, -0.05) is 18.2 Å². The van der Waals surface area contributed by atoms with E-state index in [0.717, 1.165) is 26.0 Å². The van der Waals surface area contributed by atoms with Crippen LogP contribution in [0.15, 0.2) is 52.1 Å². The van der Waals surface area contributed by atoms with E-state index in [-0.39, 0.29) is 11.8 Å². The lowest BCUT2D eigenvalue weighted by atomic mass is 10.3. The predicted octanol–water partition coefficient (Wildman–Crippen LogP) is 3.43. The molecule has 6 nitrogen and oxygen atoms in total. The lowest BCUT2D eigenvalue weighted by molar-refractivity contribution is -0.123. The van der Waals surface area contributed by atoms with Crippen LogP contribution < -0.4 is 5.32 Å². The monoisotopic (exact) mass is 483 g/mol. The average Bonchev–Trinajstić information content (AvgIpc) is 3.48. The number of thiophene rings is 1. The van der Waals surface area contributed by atoms with Gasteiger partial charge >= 0.3 is 0 Å². The normalized spacial score (nSPS) is 17.3. The van der Waals surface area contributed by atoms with Crippen molar-refractivity contribution in [1.82, 2.24) is 14.6 Å². The molecule has 158 valence electrons. The van der Waals surface area contributed by atoms with Crippen molar-refractivity contribution in [3.05, 3.63) is 58.7 Å². The maximum atomic E-state index is 14.0. The van der Waals surface area contributed by atoms with E-state index in [9.17, 15) is 17.6 Å². The number of thiazole rings is 1. The Hall–Kier alpha value is -1.79. The fourth-order valence-electron chi connectivity index (χ4n) is 3.02. The van der Waals surface area contributed by atoms with E-state index in [0.29, 0.717) is 18.7 Å². The van der Waals surface area contributed by atoms with Gasteiger partial charge < -0.3 is 5.32 Å². The van der Waals surface area contributed by atoms with Crippen molar-refractivity contribution < 1.29 is 17.6 Å². The minimum absolute atomic E-state index is 0.116. The first kappa shape index (κ1) is 21.4. The standard InChI is InChI=1S/C19H18FN3O3S4/c20-14-4-1-2-6-17(14)30(25,26)23-12-27-11-15(23)18(24)21-8-7-13-10-29-19(22-13)16-5-3-9-28-16/h1-6,9-10,15H,7-8,11-12H2,(H,21,24)/t15-/m1/s1. The number of hydrogen-bond acceptors (Lipinski definition) is 7. The Morgan fingerprint density at radius 3 is 2.83 bits per heavy atom. The summed E-state index contributed by atoms with van der Waals surface area (Å²) in [5.41, 5.74) is 0.875. The second kappa shape index (κ2) is 9.15. The number of nitrogens with one attached hydrogen (secondary N) is 1. The highest BCUT2D eigenvalue weighted by Crippen LogP contribution is 2.30. The first-order chi connectivity index (χ1) is 14.5. The molecule has 1 aliphatic heterocycles. The first-order valence-corrected chi connectivity index (χ1v) is 13.4. The molecule has 11 heteroatoms. The number of benzene rings is 1. The molecule has 4 rings (SSSR count). The van der Waals surface area contributed by atoms with Crippen LogP contribution in [0.25, 0.3) is 9.88 Å². The Balaban J connectivity index is 1.38. The quantitative estimate of drug-likeness (QED) is 0.557. The first-order valence-electron chi connectivity index (χ1n) is 9.07. The van der Waals surface area contributed by atoms with Crippen LogP contribution in [0, 0.1) is 5.82 Å². The van der Waals surface area contributed by atoms with Gasteiger partial charge in [-0.05, 0) is 23.6 Å². The number of aromatic nitrogens is 1. The summed E-state index contributed by atoms with van der Waals surface area (Å²) in [6.07, 6.45) is 0.549. The SMILES string of the molecule is O=C(NCCc1csc(-c2cccs2)n1)[C@H]1CSCN1S(=O)(=O)c1ccccc1F. The second-order valence-corrected chi connectivity index (χ2v) is 11.2. The van der Waals surface area contributed by atoms with Crippen molar-refractivity contribution in [1.29, 1.82) is 0 Å². The van der Waals surface area contributed by atoms with E-state index in [1.165, 1.54) is 30.0 Å². The maximum Gasteiger partial charge on any atom is 0.247 e. The molecule has 0 saturated carbocycles. The number of halogens is 1. The maximum absolute atomic E-state index is 14.0. The average molecular weight is 484 g/mol. The minimum Gasteiger partial charge on any atom is -0.354 e. The zero-order chi connectivity index (χ0) is 21.1. The van der Waals surface area contributed by atoms with Crippen LogP contribution in [0.4, 0.5) is 4.39 Å². The van der Waals surface area contributed by atoms with Gasteiger partial charge in [0.05, 0.1) is 16.4 Å². The van der Waals surface area contributed by atoms with E-state index >= 15 is 0 Å². The lowest BCUT2D eigenvalue weighted by Crippen LogP contribution is -2.47. The molecule has 1 aliphatic rings. The zero-order valence-corrected chi connectivity index (χ0v) is 18.9. The number of amides is 1. The van der Waals surface area contributed by atoms with Gasteiger partial charge in [-0.15, -0.1) is 34.4 Å². The minimum atomic E-state index is -4.10. The molecular formula is C19H18FN3O3S4. The van der Waals surface area contributed by atoms with Gasteiger partial charge in [0.1, 0.15) is 21.8 Å². The molecule has 1 fully saturated rings. The third-order valence-corrected chi connectivity index (χ3v) is 9.53. The molecule has 1 saturated heterocycles. The van der Waals surface area contributed by atoms with Crippen LogP contribution in [-0.2, 0) is 21.2 Å². The van der Waals surface area contributed by atoms with Gasteiger partial charge in [0, 0.05) is 24.1 Å². The van der Waals surface area contributed by atoms with E-state index in [1.807, 2.05) is 22.9 Å².